The third kappa shape index (κ3) is 6.05. The van der Waals surface area contributed by atoms with E-state index in [2.05, 4.69) is 29.9 Å². The van der Waals surface area contributed by atoms with E-state index in [1.165, 1.54) is 21.1 Å². The van der Waals surface area contributed by atoms with Crippen molar-refractivity contribution in [3.8, 4) is 28.6 Å². The van der Waals surface area contributed by atoms with Gasteiger partial charge in [0.2, 0.25) is 16.0 Å². The standard InChI is InChI=1S/C27H33N7O5S/c1-16(2)39-24(25-29-13-18(4)14-30-25)19(5)40(35,36)33-27-32-31-26(20-11-17(3)12-28-15-20)34(27)23-21(37-6)9-8-10-22(23)38-7/h8-16,19,24H,1-7H3,(H,32,33)/t19-,24-/m0/s1. The van der Waals surface area contributed by atoms with Gasteiger partial charge in [0.05, 0.1) is 20.3 Å². The maximum Gasteiger partial charge on any atom is 0.243 e. The lowest BCUT2D eigenvalue weighted by molar-refractivity contribution is 0.00152. The number of pyridine rings is 1. The van der Waals surface area contributed by atoms with Crippen LogP contribution in [0, 0.1) is 13.8 Å². The molecule has 3 aromatic heterocycles. The molecule has 4 rings (SSSR count). The summed E-state index contributed by atoms with van der Waals surface area (Å²) in [7, 11) is -1.12. The molecular formula is C27H33N7O5S. The quantitative estimate of drug-likeness (QED) is 0.282. The second kappa shape index (κ2) is 12.0. The maximum absolute atomic E-state index is 13.9. The highest BCUT2D eigenvalue weighted by Gasteiger charge is 2.36. The highest BCUT2D eigenvalue weighted by molar-refractivity contribution is 7.93. The zero-order valence-corrected chi connectivity index (χ0v) is 24.3. The molecule has 13 heteroatoms. The third-order valence-corrected chi connectivity index (χ3v) is 7.74. The van der Waals surface area contributed by atoms with Crippen LogP contribution < -0.4 is 14.2 Å². The first kappa shape index (κ1) is 28.9. The van der Waals surface area contributed by atoms with Gasteiger partial charge in [-0.15, -0.1) is 10.2 Å². The van der Waals surface area contributed by atoms with Gasteiger partial charge in [0.1, 0.15) is 28.5 Å². The van der Waals surface area contributed by atoms with Gasteiger partial charge in [-0.2, -0.15) is 0 Å². The first-order valence-corrected chi connectivity index (χ1v) is 14.1. The van der Waals surface area contributed by atoms with Crippen LogP contribution in [0.2, 0.25) is 0 Å². The van der Waals surface area contributed by atoms with Gasteiger partial charge in [-0.05, 0) is 63.9 Å². The van der Waals surface area contributed by atoms with Gasteiger partial charge < -0.3 is 14.2 Å². The van der Waals surface area contributed by atoms with E-state index < -0.39 is 21.4 Å². The molecule has 3 heterocycles. The van der Waals surface area contributed by atoms with E-state index in [-0.39, 0.29) is 17.9 Å². The summed E-state index contributed by atoms with van der Waals surface area (Å²) >= 11 is 0. The number of aromatic nitrogens is 6. The molecule has 0 aliphatic carbocycles. The van der Waals surface area contributed by atoms with Crippen molar-refractivity contribution in [2.75, 3.05) is 18.9 Å². The highest BCUT2D eigenvalue weighted by Crippen LogP contribution is 2.38. The molecule has 212 valence electrons. The minimum absolute atomic E-state index is 0.0701. The number of para-hydroxylation sites is 1. The van der Waals surface area contributed by atoms with Crippen molar-refractivity contribution >= 4 is 16.0 Å². The van der Waals surface area contributed by atoms with E-state index in [0.717, 1.165) is 11.1 Å². The van der Waals surface area contributed by atoms with Crippen LogP contribution in [0.4, 0.5) is 5.95 Å². The number of nitrogens with zero attached hydrogens (tertiary/aromatic N) is 6. The smallest absolute Gasteiger partial charge is 0.243 e. The molecule has 0 radical (unpaired) electrons. The predicted molar refractivity (Wildman–Crippen MR) is 150 cm³/mol. The Bertz CT molecular complexity index is 1550. The summed E-state index contributed by atoms with van der Waals surface area (Å²) in [6.45, 7) is 8.92. The molecule has 0 fully saturated rings. The third-order valence-electron chi connectivity index (χ3n) is 6.05. The molecule has 0 saturated heterocycles. The van der Waals surface area contributed by atoms with Gasteiger partial charge in [0, 0.05) is 30.4 Å². The predicted octanol–water partition coefficient (Wildman–Crippen LogP) is 4.05. The maximum atomic E-state index is 13.9. The number of benzene rings is 1. The second-order valence-corrected chi connectivity index (χ2v) is 11.6. The van der Waals surface area contributed by atoms with Crippen LogP contribution in [0.15, 0.2) is 49.1 Å². The van der Waals surface area contributed by atoms with Gasteiger partial charge in [-0.25, -0.2) is 18.4 Å². The van der Waals surface area contributed by atoms with Crippen LogP contribution in [0.25, 0.3) is 17.1 Å². The summed E-state index contributed by atoms with van der Waals surface area (Å²) < 4.78 is 49.1. The van der Waals surface area contributed by atoms with Gasteiger partial charge >= 0.3 is 0 Å². The van der Waals surface area contributed by atoms with Crippen molar-refractivity contribution in [1.29, 1.82) is 0 Å². The van der Waals surface area contributed by atoms with Gasteiger partial charge in [-0.3, -0.25) is 14.3 Å². The van der Waals surface area contributed by atoms with Gasteiger partial charge in [-0.1, -0.05) is 6.07 Å². The number of anilines is 1. The van der Waals surface area contributed by atoms with E-state index in [0.29, 0.717) is 28.6 Å². The molecule has 0 saturated carbocycles. The Labute approximate surface area is 233 Å². The van der Waals surface area contributed by atoms with E-state index in [1.807, 2.05) is 33.8 Å². The summed E-state index contributed by atoms with van der Waals surface area (Å²) in [5.74, 6) is 1.37. The Morgan fingerprint density at radius 1 is 0.900 bits per heavy atom. The number of nitrogens with one attached hydrogen (secondary N) is 1. The van der Waals surface area contributed by atoms with E-state index >= 15 is 0 Å². The summed E-state index contributed by atoms with van der Waals surface area (Å²) in [5, 5.41) is 7.47. The van der Waals surface area contributed by atoms with E-state index in [4.69, 9.17) is 14.2 Å². The Morgan fingerprint density at radius 2 is 1.55 bits per heavy atom. The number of methoxy groups -OCH3 is 2. The number of hydrogen-bond acceptors (Lipinski definition) is 10. The van der Waals surface area contributed by atoms with E-state index in [1.54, 1.807) is 47.6 Å². The summed E-state index contributed by atoms with van der Waals surface area (Å²) in [6, 6.07) is 7.11. The lowest BCUT2D eigenvalue weighted by Crippen LogP contribution is -2.35. The average Bonchev–Trinajstić information content (AvgIpc) is 3.33. The number of ether oxygens (including phenoxy) is 3. The zero-order chi connectivity index (χ0) is 29.0. The fourth-order valence-corrected chi connectivity index (χ4v) is 5.17. The Morgan fingerprint density at radius 3 is 2.12 bits per heavy atom. The SMILES string of the molecule is COc1cccc(OC)c1-n1c(NS(=O)(=O)[C@@H](C)[C@H](OC(C)C)c2ncc(C)cn2)nnc1-c1cncc(C)c1. The fraction of sp³-hybridized carbons (Fsp3) is 0.370. The summed E-state index contributed by atoms with van der Waals surface area (Å²) in [6.07, 6.45) is 5.35. The first-order valence-electron chi connectivity index (χ1n) is 12.6. The van der Waals surface area contributed by atoms with Crippen LogP contribution >= 0.6 is 0 Å². The average molecular weight is 568 g/mol. The number of sulfonamides is 1. The largest absolute Gasteiger partial charge is 0.494 e. The molecule has 0 amide bonds. The number of hydrogen-bond donors (Lipinski definition) is 1. The minimum atomic E-state index is -4.14. The van der Waals surface area contributed by atoms with Crippen LogP contribution in [-0.2, 0) is 14.8 Å². The summed E-state index contributed by atoms with van der Waals surface area (Å²) in [4.78, 5) is 12.9. The Balaban J connectivity index is 1.85. The van der Waals surface area contributed by atoms with Crippen molar-refractivity contribution in [2.45, 2.75) is 52.1 Å². The molecule has 2 atom stereocenters. The molecule has 1 aromatic carbocycles. The van der Waals surface area contributed by atoms with Crippen molar-refractivity contribution in [3.05, 3.63) is 66.0 Å². The zero-order valence-electron chi connectivity index (χ0n) is 23.5. The molecule has 0 unspecified atom stereocenters. The van der Waals surface area contributed by atoms with Crippen molar-refractivity contribution < 1.29 is 22.6 Å². The molecule has 12 nitrogen and oxygen atoms in total. The van der Waals surface area contributed by atoms with Crippen LogP contribution in [0.1, 0.15) is 43.8 Å². The van der Waals surface area contributed by atoms with Crippen LogP contribution in [0.3, 0.4) is 0 Å². The van der Waals surface area contributed by atoms with Crippen LogP contribution in [0.5, 0.6) is 11.5 Å². The highest BCUT2D eigenvalue weighted by atomic mass is 32.2. The van der Waals surface area contributed by atoms with E-state index in [9.17, 15) is 8.42 Å². The molecule has 40 heavy (non-hydrogen) atoms. The van der Waals surface area contributed by atoms with Gasteiger partial charge in [0.15, 0.2) is 11.6 Å². The number of rotatable bonds is 11. The molecule has 0 bridgehead atoms. The lowest BCUT2D eigenvalue weighted by atomic mass is 10.2. The Hall–Kier alpha value is -4.10. The topological polar surface area (TPSA) is 143 Å². The van der Waals surface area contributed by atoms with Gasteiger partial charge in [0.25, 0.3) is 0 Å². The van der Waals surface area contributed by atoms with Crippen molar-refractivity contribution in [1.82, 2.24) is 29.7 Å². The van der Waals surface area contributed by atoms with Crippen LogP contribution in [-0.4, -0.2) is 63.7 Å². The van der Waals surface area contributed by atoms with Crippen molar-refractivity contribution in [2.24, 2.45) is 0 Å². The van der Waals surface area contributed by atoms with Crippen molar-refractivity contribution in [3.63, 3.8) is 0 Å². The molecule has 0 spiro atoms. The second-order valence-electron chi connectivity index (χ2n) is 9.52. The molecule has 4 aromatic rings. The molecular weight excluding hydrogens is 534 g/mol. The molecule has 0 aliphatic heterocycles. The molecule has 0 aliphatic rings. The monoisotopic (exact) mass is 567 g/mol. The normalized spacial score (nSPS) is 13.2. The Kier molecular flexibility index (Phi) is 8.64. The number of aryl methyl sites for hydroxylation is 2. The lowest BCUT2D eigenvalue weighted by Gasteiger charge is -2.25. The minimum Gasteiger partial charge on any atom is -0.494 e. The first-order chi connectivity index (χ1) is 19.1. The molecule has 1 N–H and O–H groups in total. The summed E-state index contributed by atoms with van der Waals surface area (Å²) in [5.41, 5.74) is 2.77. The fourth-order valence-electron chi connectivity index (χ4n) is 4.09.